The Morgan fingerprint density at radius 1 is 1.28 bits per heavy atom. The number of fused-ring (bicyclic) bond motifs is 2. The Kier molecular flexibility index (Phi) is 5.01. The van der Waals surface area contributed by atoms with E-state index >= 15 is 0 Å². The molecule has 0 spiro atoms. The van der Waals surface area contributed by atoms with E-state index in [1.165, 1.54) is 25.7 Å². The first kappa shape index (κ1) is 13.8. The maximum atomic E-state index is 11.7. The number of carbonyl (C=O) groups is 1. The van der Waals surface area contributed by atoms with Gasteiger partial charge in [-0.15, -0.1) is 0 Å². The van der Waals surface area contributed by atoms with E-state index in [1.807, 2.05) is 7.05 Å². The van der Waals surface area contributed by atoms with Crippen LogP contribution in [0.4, 0.5) is 0 Å². The van der Waals surface area contributed by atoms with Crippen LogP contribution in [0.3, 0.4) is 0 Å². The van der Waals surface area contributed by atoms with Crippen LogP contribution in [0.1, 0.15) is 38.5 Å². The van der Waals surface area contributed by atoms with Gasteiger partial charge in [-0.2, -0.15) is 0 Å². The number of piperidine rings is 1. The van der Waals surface area contributed by atoms with Gasteiger partial charge in [0.15, 0.2) is 0 Å². The second kappa shape index (κ2) is 6.53. The van der Waals surface area contributed by atoms with Gasteiger partial charge in [-0.05, 0) is 58.7 Å². The van der Waals surface area contributed by atoms with Gasteiger partial charge in [-0.25, -0.2) is 0 Å². The Balaban J connectivity index is 1.64. The van der Waals surface area contributed by atoms with Gasteiger partial charge in [0.05, 0.1) is 0 Å². The summed E-state index contributed by atoms with van der Waals surface area (Å²) in [6, 6.07) is 1.55. The largest absolute Gasteiger partial charge is 0.356 e. The van der Waals surface area contributed by atoms with E-state index < -0.39 is 0 Å². The normalized spacial score (nSPS) is 31.6. The highest BCUT2D eigenvalue weighted by Gasteiger charge is 2.38. The molecule has 2 bridgehead atoms. The molecule has 0 aliphatic carbocycles. The van der Waals surface area contributed by atoms with Gasteiger partial charge in [0.2, 0.25) is 5.91 Å². The minimum Gasteiger partial charge on any atom is -0.356 e. The van der Waals surface area contributed by atoms with Crippen LogP contribution in [-0.2, 0) is 4.79 Å². The number of carbonyl (C=O) groups excluding carboxylic acids is 1. The van der Waals surface area contributed by atoms with Crippen LogP contribution < -0.4 is 10.6 Å². The van der Waals surface area contributed by atoms with E-state index in [-0.39, 0.29) is 5.91 Å². The molecule has 2 unspecified atom stereocenters. The minimum absolute atomic E-state index is 0.219. The molecule has 0 aromatic carbocycles. The molecule has 2 aliphatic heterocycles. The van der Waals surface area contributed by atoms with Gasteiger partial charge in [-0.1, -0.05) is 0 Å². The highest BCUT2D eigenvalue weighted by atomic mass is 16.1. The predicted octanol–water partition coefficient (Wildman–Crippen LogP) is 0.975. The third-order valence-electron chi connectivity index (χ3n) is 4.61. The summed E-state index contributed by atoms with van der Waals surface area (Å²) < 4.78 is 0. The quantitative estimate of drug-likeness (QED) is 0.694. The molecule has 2 heterocycles. The van der Waals surface area contributed by atoms with E-state index in [9.17, 15) is 4.79 Å². The Morgan fingerprint density at radius 3 is 2.56 bits per heavy atom. The molecule has 2 fully saturated rings. The summed E-state index contributed by atoms with van der Waals surface area (Å²) in [7, 11) is 4.18. The molecular formula is C14H27N3O. The number of hydrogen-bond acceptors (Lipinski definition) is 3. The van der Waals surface area contributed by atoms with Crippen LogP contribution in [-0.4, -0.2) is 50.1 Å². The molecule has 18 heavy (non-hydrogen) atoms. The molecule has 4 heteroatoms. The van der Waals surface area contributed by atoms with E-state index in [2.05, 4.69) is 22.6 Å². The molecular weight excluding hydrogens is 226 g/mol. The van der Waals surface area contributed by atoms with Crippen LogP contribution >= 0.6 is 0 Å². The maximum absolute atomic E-state index is 11.7. The number of nitrogens with one attached hydrogen (secondary N) is 2. The fourth-order valence-electron chi connectivity index (χ4n) is 3.46. The number of nitrogens with zero attached hydrogens (tertiary/aromatic N) is 1. The van der Waals surface area contributed by atoms with Gasteiger partial charge in [0, 0.05) is 25.0 Å². The summed E-state index contributed by atoms with van der Waals surface area (Å²) in [5, 5.41) is 6.18. The van der Waals surface area contributed by atoms with Crippen molar-refractivity contribution in [2.75, 3.05) is 27.2 Å². The van der Waals surface area contributed by atoms with Crippen LogP contribution in [0, 0.1) is 5.92 Å². The SMILES string of the molecule is CNCCCC(=O)NCC1CC2CCC(C1)N2C. The van der Waals surface area contributed by atoms with Gasteiger partial charge in [0.25, 0.3) is 0 Å². The Hall–Kier alpha value is -0.610. The molecule has 0 saturated carbocycles. The zero-order chi connectivity index (χ0) is 13.0. The standard InChI is InChI=1S/C14H27N3O/c1-15-7-3-4-14(18)16-10-11-8-12-5-6-13(9-11)17(12)2/h11-13,15H,3-10H2,1-2H3,(H,16,18). The Bertz CT molecular complexity index is 268. The molecule has 2 N–H and O–H groups in total. The lowest BCUT2D eigenvalue weighted by Gasteiger charge is -2.36. The van der Waals surface area contributed by atoms with E-state index in [1.54, 1.807) is 0 Å². The molecule has 0 radical (unpaired) electrons. The Morgan fingerprint density at radius 2 is 1.94 bits per heavy atom. The smallest absolute Gasteiger partial charge is 0.220 e. The van der Waals surface area contributed by atoms with Crippen molar-refractivity contribution in [1.82, 2.24) is 15.5 Å². The zero-order valence-electron chi connectivity index (χ0n) is 11.7. The molecule has 2 aliphatic rings. The van der Waals surface area contributed by atoms with Gasteiger partial charge in [0.1, 0.15) is 0 Å². The van der Waals surface area contributed by atoms with E-state index in [0.29, 0.717) is 12.3 Å². The molecule has 2 saturated heterocycles. The first-order chi connectivity index (χ1) is 8.70. The molecule has 104 valence electrons. The molecule has 2 atom stereocenters. The van der Waals surface area contributed by atoms with Crippen molar-refractivity contribution in [2.24, 2.45) is 5.92 Å². The van der Waals surface area contributed by atoms with Crippen molar-refractivity contribution < 1.29 is 4.79 Å². The predicted molar refractivity (Wildman–Crippen MR) is 73.5 cm³/mol. The summed E-state index contributed by atoms with van der Waals surface area (Å²) in [4.78, 5) is 14.2. The van der Waals surface area contributed by atoms with Crippen LogP contribution in [0.2, 0.25) is 0 Å². The average Bonchev–Trinajstić information content (AvgIpc) is 2.60. The van der Waals surface area contributed by atoms with Crippen molar-refractivity contribution in [3.05, 3.63) is 0 Å². The van der Waals surface area contributed by atoms with Crippen molar-refractivity contribution in [1.29, 1.82) is 0 Å². The van der Waals surface area contributed by atoms with Crippen molar-refractivity contribution in [2.45, 2.75) is 50.6 Å². The second-order valence-electron chi connectivity index (χ2n) is 5.90. The molecule has 2 rings (SSSR count). The molecule has 0 aromatic rings. The third-order valence-corrected chi connectivity index (χ3v) is 4.61. The van der Waals surface area contributed by atoms with Crippen molar-refractivity contribution in [3.63, 3.8) is 0 Å². The van der Waals surface area contributed by atoms with Gasteiger partial charge >= 0.3 is 0 Å². The molecule has 0 aromatic heterocycles. The topological polar surface area (TPSA) is 44.4 Å². The highest BCUT2D eigenvalue weighted by Crippen LogP contribution is 2.36. The summed E-state index contributed by atoms with van der Waals surface area (Å²) in [5.74, 6) is 0.920. The van der Waals surface area contributed by atoms with Gasteiger partial charge < -0.3 is 15.5 Å². The fourth-order valence-corrected chi connectivity index (χ4v) is 3.46. The fraction of sp³-hybridized carbons (Fsp3) is 0.929. The van der Waals surface area contributed by atoms with Crippen LogP contribution in [0.25, 0.3) is 0 Å². The lowest BCUT2D eigenvalue weighted by Crippen LogP contribution is -2.43. The first-order valence-corrected chi connectivity index (χ1v) is 7.34. The summed E-state index contributed by atoms with van der Waals surface area (Å²) in [6.07, 6.45) is 6.83. The van der Waals surface area contributed by atoms with Crippen molar-refractivity contribution >= 4 is 5.91 Å². The molecule has 4 nitrogen and oxygen atoms in total. The zero-order valence-corrected chi connectivity index (χ0v) is 11.7. The summed E-state index contributed by atoms with van der Waals surface area (Å²) in [6.45, 7) is 1.81. The van der Waals surface area contributed by atoms with E-state index in [0.717, 1.165) is 31.6 Å². The average molecular weight is 253 g/mol. The third kappa shape index (κ3) is 3.45. The van der Waals surface area contributed by atoms with Crippen LogP contribution in [0.15, 0.2) is 0 Å². The Labute approximate surface area is 110 Å². The van der Waals surface area contributed by atoms with E-state index in [4.69, 9.17) is 0 Å². The summed E-state index contributed by atoms with van der Waals surface area (Å²) in [5.41, 5.74) is 0. The lowest BCUT2D eigenvalue weighted by molar-refractivity contribution is -0.121. The maximum Gasteiger partial charge on any atom is 0.220 e. The number of rotatable bonds is 6. The lowest BCUT2D eigenvalue weighted by atomic mass is 9.91. The van der Waals surface area contributed by atoms with Gasteiger partial charge in [-0.3, -0.25) is 4.79 Å². The number of hydrogen-bond donors (Lipinski definition) is 2. The van der Waals surface area contributed by atoms with Crippen molar-refractivity contribution in [3.8, 4) is 0 Å². The first-order valence-electron chi connectivity index (χ1n) is 7.34. The summed E-state index contributed by atoms with van der Waals surface area (Å²) >= 11 is 0. The monoisotopic (exact) mass is 253 g/mol. The second-order valence-corrected chi connectivity index (χ2v) is 5.90. The molecule has 1 amide bonds. The number of amides is 1. The van der Waals surface area contributed by atoms with Crippen LogP contribution in [0.5, 0.6) is 0 Å². The highest BCUT2D eigenvalue weighted by molar-refractivity contribution is 5.75. The minimum atomic E-state index is 0.219.